The van der Waals surface area contributed by atoms with Crippen LogP contribution in [0.15, 0.2) is 0 Å². The average Bonchev–Trinajstić information content (AvgIpc) is 2.36. The van der Waals surface area contributed by atoms with E-state index >= 15 is 0 Å². The summed E-state index contributed by atoms with van der Waals surface area (Å²) in [5.74, 6) is 0.495. The SMILES string of the molecule is O=S(=O)(CCC1CCNCC1)NCCCCC(F)(F)F. The van der Waals surface area contributed by atoms with E-state index in [1.807, 2.05) is 0 Å². The van der Waals surface area contributed by atoms with E-state index in [2.05, 4.69) is 10.0 Å². The third-order valence-corrected chi connectivity index (χ3v) is 4.88. The van der Waals surface area contributed by atoms with Gasteiger partial charge in [-0.25, -0.2) is 13.1 Å². The van der Waals surface area contributed by atoms with Crippen molar-refractivity contribution in [3.8, 4) is 0 Å². The van der Waals surface area contributed by atoms with E-state index in [1.54, 1.807) is 0 Å². The fraction of sp³-hybridized carbons (Fsp3) is 1.00. The van der Waals surface area contributed by atoms with Crippen molar-refractivity contribution in [2.45, 2.75) is 44.7 Å². The lowest BCUT2D eigenvalue weighted by Crippen LogP contribution is -2.32. The van der Waals surface area contributed by atoms with Crippen LogP contribution in [0.4, 0.5) is 13.2 Å². The molecule has 1 aliphatic rings. The van der Waals surface area contributed by atoms with Crippen LogP contribution in [0, 0.1) is 5.92 Å². The molecule has 1 heterocycles. The van der Waals surface area contributed by atoms with Crippen molar-refractivity contribution in [2.24, 2.45) is 5.92 Å². The van der Waals surface area contributed by atoms with Gasteiger partial charge in [0, 0.05) is 13.0 Å². The summed E-state index contributed by atoms with van der Waals surface area (Å²) < 4.78 is 61.4. The topological polar surface area (TPSA) is 58.2 Å². The summed E-state index contributed by atoms with van der Waals surface area (Å²) in [6.45, 7) is 1.94. The predicted octanol–water partition coefficient (Wildman–Crippen LogP) is 2.03. The third-order valence-electron chi connectivity index (χ3n) is 3.46. The molecular weight excluding hydrogens is 293 g/mol. The van der Waals surface area contributed by atoms with Gasteiger partial charge < -0.3 is 5.32 Å². The Balaban J connectivity index is 2.11. The first kappa shape index (κ1) is 17.7. The van der Waals surface area contributed by atoms with Crippen LogP contribution in [0.25, 0.3) is 0 Å². The van der Waals surface area contributed by atoms with Gasteiger partial charge in [0.05, 0.1) is 5.75 Å². The number of halogens is 3. The van der Waals surface area contributed by atoms with E-state index < -0.39 is 22.6 Å². The summed E-state index contributed by atoms with van der Waals surface area (Å²) in [7, 11) is -3.35. The molecule has 120 valence electrons. The monoisotopic (exact) mass is 316 g/mol. The molecule has 0 aromatic heterocycles. The smallest absolute Gasteiger partial charge is 0.317 e. The molecule has 8 heteroatoms. The maximum Gasteiger partial charge on any atom is 0.389 e. The summed E-state index contributed by atoms with van der Waals surface area (Å²) in [4.78, 5) is 0. The van der Waals surface area contributed by atoms with Gasteiger partial charge in [0.25, 0.3) is 0 Å². The second kappa shape index (κ2) is 8.19. The first-order valence-electron chi connectivity index (χ1n) is 7.03. The lowest BCUT2D eigenvalue weighted by molar-refractivity contribution is -0.135. The predicted molar refractivity (Wildman–Crippen MR) is 71.9 cm³/mol. The Kier molecular flexibility index (Phi) is 7.25. The van der Waals surface area contributed by atoms with E-state index in [-0.39, 0.29) is 25.1 Å². The van der Waals surface area contributed by atoms with Crippen molar-refractivity contribution in [1.82, 2.24) is 10.0 Å². The second-order valence-electron chi connectivity index (χ2n) is 5.27. The van der Waals surface area contributed by atoms with Crippen LogP contribution < -0.4 is 10.0 Å². The molecule has 0 atom stereocenters. The lowest BCUT2D eigenvalue weighted by Gasteiger charge is -2.22. The van der Waals surface area contributed by atoms with Gasteiger partial charge in [-0.1, -0.05) is 0 Å². The molecule has 0 aromatic carbocycles. The Morgan fingerprint density at radius 2 is 1.80 bits per heavy atom. The zero-order valence-electron chi connectivity index (χ0n) is 11.5. The summed E-state index contributed by atoms with van der Waals surface area (Å²) in [5.41, 5.74) is 0. The molecule has 0 spiro atoms. The highest BCUT2D eigenvalue weighted by Gasteiger charge is 2.26. The third kappa shape index (κ3) is 8.76. The van der Waals surface area contributed by atoms with Crippen molar-refractivity contribution in [1.29, 1.82) is 0 Å². The number of hydrogen-bond acceptors (Lipinski definition) is 3. The normalized spacial score (nSPS) is 18.4. The molecule has 0 bridgehead atoms. The van der Waals surface area contributed by atoms with E-state index in [1.165, 1.54) is 0 Å². The molecule has 0 radical (unpaired) electrons. The van der Waals surface area contributed by atoms with Gasteiger partial charge in [0.15, 0.2) is 0 Å². The molecule has 1 rings (SSSR count). The van der Waals surface area contributed by atoms with Gasteiger partial charge in [-0.2, -0.15) is 13.2 Å². The van der Waals surface area contributed by atoms with E-state index in [4.69, 9.17) is 0 Å². The molecule has 1 saturated heterocycles. The minimum absolute atomic E-state index is 0.0414. The van der Waals surface area contributed by atoms with Gasteiger partial charge >= 0.3 is 6.18 Å². The minimum atomic E-state index is -4.16. The Morgan fingerprint density at radius 3 is 2.40 bits per heavy atom. The molecular formula is C12H23F3N2O2S. The number of hydrogen-bond donors (Lipinski definition) is 2. The van der Waals surface area contributed by atoms with Crippen molar-refractivity contribution in [3.05, 3.63) is 0 Å². The van der Waals surface area contributed by atoms with Gasteiger partial charge in [-0.3, -0.25) is 0 Å². The molecule has 4 nitrogen and oxygen atoms in total. The lowest BCUT2D eigenvalue weighted by atomic mass is 9.96. The van der Waals surface area contributed by atoms with Gasteiger partial charge in [-0.15, -0.1) is 0 Å². The van der Waals surface area contributed by atoms with Gasteiger partial charge in [0.1, 0.15) is 0 Å². The molecule has 20 heavy (non-hydrogen) atoms. The molecule has 2 N–H and O–H groups in total. The highest BCUT2D eigenvalue weighted by Crippen LogP contribution is 2.22. The maximum atomic E-state index is 11.9. The molecule has 0 amide bonds. The van der Waals surface area contributed by atoms with Crippen molar-refractivity contribution in [2.75, 3.05) is 25.4 Å². The standard InChI is InChI=1S/C12H23F3N2O2S/c13-12(14,15)6-1-2-7-17-20(18,19)10-5-11-3-8-16-9-4-11/h11,16-17H,1-10H2. The highest BCUT2D eigenvalue weighted by atomic mass is 32.2. The molecule has 0 aromatic rings. The Bertz CT molecular complexity index is 365. The number of alkyl halides is 3. The molecule has 0 saturated carbocycles. The minimum Gasteiger partial charge on any atom is -0.317 e. The van der Waals surface area contributed by atoms with Gasteiger partial charge in [-0.05, 0) is 51.1 Å². The fourth-order valence-corrected chi connectivity index (χ4v) is 3.49. The summed E-state index contributed by atoms with van der Waals surface area (Å²) in [6, 6.07) is 0. The van der Waals surface area contributed by atoms with E-state index in [9.17, 15) is 21.6 Å². The quantitative estimate of drug-likeness (QED) is 0.674. The molecule has 1 fully saturated rings. The zero-order chi connectivity index (χ0) is 15.1. The number of sulfonamides is 1. The zero-order valence-corrected chi connectivity index (χ0v) is 12.3. The van der Waals surface area contributed by atoms with Gasteiger partial charge in [0.2, 0.25) is 10.0 Å². The first-order valence-corrected chi connectivity index (χ1v) is 8.68. The van der Waals surface area contributed by atoms with Crippen molar-refractivity contribution < 1.29 is 21.6 Å². The maximum absolute atomic E-state index is 11.9. The first-order chi connectivity index (χ1) is 9.29. The Labute approximate surface area is 118 Å². The van der Waals surface area contributed by atoms with E-state index in [0.717, 1.165) is 25.9 Å². The van der Waals surface area contributed by atoms with Crippen LogP contribution in [0.2, 0.25) is 0 Å². The van der Waals surface area contributed by atoms with Crippen LogP contribution in [0.1, 0.15) is 38.5 Å². The van der Waals surface area contributed by atoms with E-state index in [0.29, 0.717) is 12.3 Å². The number of nitrogens with one attached hydrogen (secondary N) is 2. The summed E-state index contributed by atoms with van der Waals surface area (Å²) in [5, 5.41) is 3.22. The highest BCUT2D eigenvalue weighted by molar-refractivity contribution is 7.89. The number of rotatable bonds is 8. The van der Waals surface area contributed by atoms with Crippen LogP contribution >= 0.6 is 0 Å². The Morgan fingerprint density at radius 1 is 1.15 bits per heavy atom. The number of piperidine rings is 1. The average molecular weight is 316 g/mol. The molecule has 0 aliphatic carbocycles. The molecule has 0 unspecified atom stereocenters. The Hall–Kier alpha value is -0.340. The molecule has 1 aliphatic heterocycles. The second-order valence-corrected chi connectivity index (χ2v) is 7.19. The fourth-order valence-electron chi connectivity index (χ4n) is 2.24. The summed E-state index contributed by atoms with van der Waals surface area (Å²) in [6.07, 6.45) is -2.24. The van der Waals surface area contributed by atoms with Crippen LogP contribution in [-0.2, 0) is 10.0 Å². The van der Waals surface area contributed by atoms with Crippen molar-refractivity contribution in [3.63, 3.8) is 0 Å². The van der Waals surface area contributed by atoms with Crippen molar-refractivity contribution >= 4 is 10.0 Å². The van der Waals surface area contributed by atoms with Crippen LogP contribution in [0.3, 0.4) is 0 Å². The number of unbranched alkanes of at least 4 members (excludes halogenated alkanes) is 1. The largest absolute Gasteiger partial charge is 0.389 e. The van der Waals surface area contributed by atoms with Crippen LogP contribution in [0.5, 0.6) is 0 Å². The summed E-state index contributed by atoms with van der Waals surface area (Å²) >= 11 is 0. The van der Waals surface area contributed by atoms with Crippen LogP contribution in [-0.4, -0.2) is 40.0 Å².